The summed E-state index contributed by atoms with van der Waals surface area (Å²) in [6.07, 6.45) is 3.61. The summed E-state index contributed by atoms with van der Waals surface area (Å²) in [4.78, 5) is 14.0. The van der Waals surface area contributed by atoms with Crippen molar-refractivity contribution >= 4 is 17.7 Å². The van der Waals surface area contributed by atoms with Crippen LogP contribution in [0.15, 0.2) is 0 Å². The van der Waals surface area contributed by atoms with Gasteiger partial charge in [0.2, 0.25) is 5.91 Å². The Kier molecular flexibility index (Phi) is 6.88. The quantitative estimate of drug-likeness (QED) is 0.672. The Morgan fingerprint density at radius 3 is 2.69 bits per heavy atom. The van der Waals surface area contributed by atoms with Crippen molar-refractivity contribution in [2.75, 3.05) is 32.1 Å². The molecular formula is C12H23NO2S. The summed E-state index contributed by atoms with van der Waals surface area (Å²) in [5.41, 5.74) is 0. The summed E-state index contributed by atoms with van der Waals surface area (Å²) in [7, 11) is 0. The minimum atomic E-state index is 0.0820. The first kappa shape index (κ1) is 13.8. The van der Waals surface area contributed by atoms with E-state index < -0.39 is 0 Å². The Morgan fingerprint density at radius 2 is 2.06 bits per heavy atom. The second-order valence-corrected chi connectivity index (χ2v) is 5.54. The summed E-state index contributed by atoms with van der Waals surface area (Å²) in [6.45, 7) is 7.42. The van der Waals surface area contributed by atoms with Gasteiger partial charge >= 0.3 is 0 Å². The fourth-order valence-electron chi connectivity index (χ4n) is 1.87. The van der Waals surface area contributed by atoms with Crippen LogP contribution in [0.25, 0.3) is 0 Å². The number of carbonyl (C=O) groups is 1. The normalized spacial score (nSPS) is 18.5. The lowest BCUT2D eigenvalue weighted by Gasteiger charge is -2.29. The number of hydrogen-bond donors (Lipinski definition) is 0. The molecule has 0 unspecified atom stereocenters. The van der Waals surface area contributed by atoms with E-state index in [-0.39, 0.29) is 5.25 Å². The van der Waals surface area contributed by atoms with E-state index in [1.54, 1.807) is 11.8 Å². The SMILES string of the molecule is CCOCCS[C@@H](C)C(=O)N1CCCCC1. The van der Waals surface area contributed by atoms with Crippen LogP contribution in [0.2, 0.25) is 0 Å². The van der Waals surface area contributed by atoms with Crippen molar-refractivity contribution in [2.45, 2.75) is 38.4 Å². The lowest BCUT2D eigenvalue weighted by molar-refractivity contribution is -0.131. The van der Waals surface area contributed by atoms with Gasteiger partial charge in [0.1, 0.15) is 0 Å². The number of thioether (sulfide) groups is 1. The Hall–Kier alpha value is -0.220. The molecule has 0 bridgehead atoms. The predicted molar refractivity (Wildman–Crippen MR) is 68.8 cm³/mol. The molecule has 0 radical (unpaired) electrons. The van der Waals surface area contributed by atoms with Crippen LogP contribution in [-0.2, 0) is 9.53 Å². The molecule has 1 amide bonds. The highest BCUT2D eigenvalue weighted by molar-refractivity contribution is 8.00. The first-order valence-corrected chi connectivity index (χ1v) is 7.28. The number of ether oxygens (including phenoxy) is 1. The highest BCUT2D eigenvalue weighted by atomic mass is 32.2. The maximum absolute atomic E-state index is 12.0. The summed E-state index contributed by atoms with van der Waals surface area (Å²) >= 11 is 1.70. The largest absolute Gasteiger partial charge is 0.381 e. The molecule has 0 aromatic heterocycles. The van der Waals surface area contributed by atoms with Crippen molar-refractivity contribution in [1.29, 1.82) is 0 Å². The molecule has 3 nitrogen and oxygen atoms in total. The van der Waals surface area contributed by atoms with Gasteiger partial charge in [0.15, 0.2) is 0 Å². The van der Waals surface area contributed by atoms with Gasteiger partial charge in [0, 0.05) is 25.4 Å². The smallest absolute Gasteiger partial charge is 0.235 e. The molecule has 94 valence electrons. The maximum Gasteiger partial charge on any atom is 0.235 e. The summed E-state index contributed by atoms with van der Waals surface area (Å²) in [5.74, 6) is 1.22. The van der Waals surface area contributed by atoms with Crippen LogP contribution in [0.5, 0.6) is 0 Å². The highest BCUT2D eigenvalue weighted by Gasteiger charge is 2.21. The number of rotatable bonds is 6. The Balaban J connectivity index is 2.18. The fraction of sp³-hybridized carbons (Fsp3) is 0.917. The van der Waals surface area contributed by atoms with Crippen LogP contribution in [0.1, 0.15) is 33.1 Å². The van der Waals surface area contributed by atoms with Gasteiger partial charge in [-0.05, 0) is 33.1 Å². The van der Waals surface area contributed by atoms with Crippen molar-refractivity contribution in [1.82, 2.24) is 4.90 Å². The third kappa shape index (κ3) is 4.74. The molecule has 1 fully saturated rings. The average Bonchev–Trinajstić information content (AvgIpc) is 2.34. The van der Waals surface area contributed by atoms with E-state index in [1.165, 1.54) is 19.3 Å². The number of amides is 1. The Labute approximate surface area is 103 Å². The number of piperidine rings is 1. The molecule has 0 aromatic rings. The van der Waals surface area contributed by atoms with Crippen LogP contribution in [0, 0.1) is 0 Å². The topological polar surface area (TPSA) is 29.5 Å². The minimum absolute atomic E-state index is 0.0820. The van der Waals surface area contributed by atoms with E-state index in [1.807, 2.05) is 18.7 Å². The van der Waals surface area contributed by atoms with E-state index in [0.717, 1.165) is 32.1 Å². The van der Waals surface area contributed by atoms with Gasteiger partial charge < -0.3 is 9.64 Å². The maximum atomic E-state index is 12.0. The zero-order chi connectivity index (χ0) is 11.8. The van der Waals surface area contributed by atoms with Crippen molar-refractivity contribution in [3.8, 4) is 0 Å². The minimum Gasteiger partial charge on any atom is -0.381 e. The zero-order valence-electron chi connectivity index (χ0n) is 10.4. The van der Waals surface area contributed by atoms with Crippen molar-refractivity contribution in [3.63, 3.8) is 0 Å². The second-order valence-electron chi connectivity index (χ2n) is 4.10. The lowest BCUT2D eigenvalue weighted by Crippen LogP contribution is -2.40. The van der Waals surface area contributed by atoms with Gasteiger partial charge in [-0.25, -0.2) is 0 Å². The summed E-state index contributed by atoms with van der Waals surface area (Å²) in [6, 6.07) is 0. The molecule has 1 heterocycles. The highest BCUT2D eigenvalue weighted by Crippen LogP contribution is 2.16. The first-order chi connectivity index (χ1) is 7.75. The van der Waals surface area contributed by atoms with Gasteiger partial charge in [-0.2, -0.15) is 0 Å². The lowest BCUT2D eigenvalue weighted by atomic mass is 10.1. The van der Waals surface area contributed by atoms with Gasteiger partial charge in [0.25, 0.3) is 0 Å². The molecule has 0 spiro atoms. The summed E-state index contributed by atoms with van der Waals surface area (Å²) in [5, 5.41) is 0.0820. The molecule has 0 saturated carbocycles. The zero-order valence-corrected chi connectivity index (χ0v) is 11.2. The average molecular weight is 245 g/mol. The molecule has 1 rings (SSSR count). The fourth-order valence-corrected chi connectivity index (χ4v) is 2.73. The van der Waals surface area contributed by atoms with E-state index in [4.69, 9.17) is 4.74 Å². The van der Waals surface area contributed by atoms with Crippen molar-refractivity contribution < 1.29 is 9.53 Å². The van der Waals surface area contributed by atoms with E-state index >= 15 is 0 Å². The molecule has 1 atom stereocenters. The number of likely N-dealkylation sites (tertiary alicyclic amines) is 1. The molecule has 16 heavy (non-hydrogen) atoms. The van der Waals surface area contributed by atoms with Gasteiger partial charge in [-0.3, -0.25) is 4.79 Å². The van der Waals surface area contributed by atoms with Crippen LogP contribution >= 0.6 is 11.8 Å². The number of nitrogens with zero attached hydrogens (tertiary/aromatic N) is 1. The Morgan fingerprint density at radius 1 is 1.38 bits per heavy atom. The van der Waals surface area contributed by atoms with Gasteiger partial charge in [-0.1, -0.05) is 0 Å². The van der Waals surface area contributed by atoms with Gasteiger partial charge in [-0.15, -0.1) is 11.8 Å². The molecule has 4 heteroatoms. The molecule has 1 aliphatic heterocycles. The third-order valence-corrected chi connectivity index (χ3v) is 3.92. The van der Waals surface area contributed by atoms with E-state index in [0.29, 0.717) is 5.91 Å². The Bertz CT molecular complexity index is 205. The monoisotopic (exact) mass is 245 g/mol. The molecule has 0 aliphatic carbocycles. The molecular weight excluding hydrogens is 222 g/mol. The van der Waals surface area contributed by atoms with Crippen LogP contribution < -0.4 is 0 Å². The van der Waals surface area contributed by atoms with Crippen LogP contribution in [0.3, 0.4) is 0 Å². The third-order valence-electron chi connectivity index (χ3n) is 2.82. The standard InChI is InChI=1S/C12H23NO2S/c1-3-15-9-10-16-11(2)12(14)13-7-5-4-6-8-13/h11H,3-10H2,1-2H3/t11-/m0/s1. The van der Waals surface area contributed by atoms with E-state index in [2.05, 4.69) is 0 Å². The van der Waals surface area contributed by atoms with Crippen molar-refractivity contribution in [2.24, 2.45) is 0 Å². The van der Waals surface area contributed by atoms with E-state index in [9.17, 15) is 4.79 Å². The second kappa shape index (κ2) is 7.96. The summed E-state index contributed by atoms with van der Waals surface area (Å²) < 4.78 is 5.26. The van der Waals surface area contributed by atoms with Crippen LogP contribution in [0.4, 0.5) is 0 Å². The molecule has 0 aromatic carbocycles. The number of carbonyl (C=O) groups excluding carboxylic acids is 1. The molecule has 1 saturated heterocycles. The molecule has 1 aliphatic rings. The van der Waals surface area contributed by atoms with Gasteiger partial charge in [0.05, 0.1) is 11.9 Å². The molecule has 0 N–H and O–H groups in total. The number of hydrogen-bond acceptors (Lipinski definition) is 3. The predicted octanol–water partition coefficient (Wildman–Crippen LogP) is 2.16. The van der Waals surface area contributed by atoms with Crippen LogP contribution in [-0.4, -0.2) is 48.1 Å². The van der Waals surface area contributed by atoms with Crippen molar-refractivity contribution in [3.05, 3.63) is 0 Å². The first-order valence-electron chi connectivity index (χ1n) is 6.24.